The molecule has 54 heavy (non-hydrogen) atoms. The molecule has 0 unspecified atom stereocenters. The third-order valence-corrected chi connectivity index (χ3v) is 7.55. The molecule has 19 heteroatoms. The number of hydrogen-bond acceptors (Lipinski definition) is 15. The van der Waals surface area contributed by atoms with Gasteiger partial charge in [0, 0.05) is 24.5 Å². The molecule has 4 aromatic carbocycles. The van der Waals surface area contributed by atoms with Gasteiger partial charge in [-0.05, 0) is 84.9 Å². The fraction of sp³-hybridized carbons (Fsp3) is 0.114. The summed E-state index contributed by atoms with van der Waals surface area (Å²) >= 11 is 0. The predicted octanol–water partition coefficient (Wildman–Crippen LogP) is 6.82. The predicted molar refractivity (Wildman–Crippen MR) is 191 cm³/mol. The fourth-order valence-corrected chi connectivity index (χ4v) is 4.93. The summed E-state index contributed by atoms with van der Waals surface area (Å²) in [6.07, 6.45) is 0. The quantitative estimate of drug-likeness (QED) is 0.0678. The van der Waals surface area contributed by atoms with Crippen molar-refractivity contribution in [2.75, 3.05) is 41.8 Å². The van der Waals surface area contributed by atoms with Crippen LogP contribution < -0.4 is 15.5 Å². The third-order valence-electron chi connectivity index (χ3n) is 7.55. The Morgan fingerprint density at radius 3 is 1.22 bits per heavy atom. The highest BCUT2D eigenvalue weighted by Crippen LogP contribution is 2.27. The Morgan fingerprint density at radius 1 is 0.519 bits per heavy atom. The van der Waals surface area contributed by atoms with Gasteiger partial charge in [0.05, 0.1) is 58.2 Å². The van der Waals surface area contributed by atoms with Crippen LogP contribution in [0.25, 0.3) is 0 Å². The van der Waals surface area contributed by atoms with Gasteiger partial charge < -0.3 is 40.7 Å². The molecule has 19 nitrogen and oxygen atoms in total. The first kappa shape index (κ1) is 36.1. The van der Waals surface area contributed by atoms with E-state index in [9.17, 15) is 39.6 Å². The molecular formula is C35H28N10O9. The molecule has 1 saturated heterocycles. The molecule has 0 amide bonds. The molecule has 0 saturated carbocycles. The molecule has 2 heterocycles. The summed E-state index contributed by atoms with van der Waals surface area (Å²) in [7, 11) is 0. The van der Waals surface area contributed by atoms with Gasteiger partial charge in [-0.3, -0.25) is 0 Å². The van der Waals surface area contributed by atoms with Crippen molar-refractivity contribution < 1.29 is 44.3 Å². The zero-order valence-electron chi connectivity index (χ0n) is 27.8. The highest BCUT2D eigenvalue weighted by atomic mass is 16.5. The van der Waals surface area contributed by atoms with Crippen molar-refractivity contribution in [3.8, 4) is 0 Å². The van der Waals surface area contributed by atoms with E-state index >= 15 is 0 Å². The van der Waals surface area contributed by atoms with Gasteiger partial charge in [-0.1, -0.05) is 0 Å². The molecule has 5 aromatic rings. The van der Waals surface area contributed by atoms with Crippen LogP contribution in [0.15, 0.2) is 105 Å². The van der Waals surface area contributed by atoms with E-state index in [1.54, 1.807) is 48.5 Å². The summed E-state index contributed by atoms with van der Waals surface area (Å²) in [5.74, 6) is -4.31. The third kappa shape index (κ3) is 9.35. The van der Waals surface area contributed by atoms with Crippen LogP contribution in [0, 0.1) is 0 Å². The molecule has 1 aromatic heterocycles. The monoisotopic (exact) mass is 732 g/mol. The van der Waals surface area contributed by atoms with E-state index < -0.39 is 23.9 Å². The molecule has 1 aliphatic rings. The Kier molecular flexibility index (Phi) is 10.8. The first-order chi connectivity index (χ1) is 26.0. The van der Waals surface area contributed by atoms with Gasteiger partial charge in [0.15, 0.2) is 0 Å². The number of aromatic carboxylic acids is 4. The number of carboxylic acid groups (broad SMARTS) is 4. The number of anilines is 5. The lowest BCUT2D eigenvalue weighted by Gasteiger charge is -2.27. The lowest BCUT2D eigenvalue weighted by atomic mass is 10.1. The molecule has 6 rings (SSSR count). The molecule has 0 spiro atoms. The number of carbonyl (C=O) groups is 4. The van der Waals surface area contributed by atoms with Gasteiger partial charge in [-0.25, -0.2) is 19.2 Å². The minimum atomic E-state index is -1.29. The summed E-state index contributed by atoms with van der Waals surface area (Å²) in [4.78, 5) is 61.3. The molecule has 6 N–H and O–H groups in total. The van der Waals surface area contributed by atoms with Crippen LogP contribution in [-0.2, 0) is 4.74 Å². The summed E-state index contributed by atoms with van der Waals surface area (Å²) < 4.78 is 5.48. The Labute approximate surface area is 304 Å². The number of ether oxygens (including phenoxy) is 1. The number of azo groups is 2. The second-order valence-corrected chi connectivity index (χ2v) is 11.4. The van der Waals surface area contributed by atoms with E-state index in [1.165, 1.54) is 24.3 Å². The van der Waals surface area contributed by atoms with E-state index in [2.05, 4.69) is 46.0 Å². The average molecular weight is 733 g/mol. The Bertz CT molecular complexity index is 2080. The zero-order chi connectivity index (χ0) is 38.2. The van der Waals surface area contributed by atoms with Crippen LogP contribution in [0.1, 0.15) is 41.4 Å². The number of benzene rings is 4. The number of aromatic nitrogens is 3. The van der Waals surface area contributed by atoms with E-state index in [4.69, 9.17) is 4.74 Å². The normalized spacial score (nSPS) is 12.9. The minimum Gasteiger partial charge on any atom is -0.478 e. The number of rotatable bonds is 13. The smallest absolute Gasteiger partial charge is 0.335 e. The van der Waals surface area contributed by atoms with Crippen LogP contribution >= 0.6 is 0 Å². The number of morpholine rings is 1. The van der Waals surface area contributed by atoms with Gasteiger partial charge in [0.25, 0.3) is 0 Å². The maximum absolute atomic E-state index is 11.4. The van der Waals surface area contributed by atoms with Crippen LogP contribution in [0.2, 0.25) is 0 Å². The van der Waals surface area contributed by atoms with Crippen LogP contribution in [0.3, 0.4) is 0 Å². The van der Waals surface area contributed by atoms with E-state index in [-0.39, 0.29) is 45.5 Å². The molecule has 0 atom stereocenters. The van der Waals surface area contributed by atoms with Gasteiger partial charge >= 0.3 is 23.9 Å². The van der Waals surface area contributed by atoms with Crippen LogP contribution in [0.5, 0.6) is 0 Å². The standard InChI is InChI=1S/C35H28N10O9/c46-29(47)19-13-20(30(48)49)16-27(15-19)43-41-25-5-1-23(2-6-25)36-33-38-34(40-35(39-33)45-9-11-54-12-10-45)37-24-3-7-26(8-4-24)42-44-28-17-21(31(50)51)14-22(18-28)32(52)53/h1-8,13-18H,9-12H2,(H,46,47)(H,48,49)(H,50,51)(H,52,53)(H2,36,37,38,39,40). The van der Waals surface area contributed by atoms with Crippen molar-refractivity contribution in [1.29, 1.82) is 0 Å². The molecule has 0 radical (unpaired) electrons. The van der Waals surface area contributed by atoms with E-state index in [0.29, 0.717) is 55.0 Å². The van der Waals surface area contributed by atoms with Gasteiger partial charge in [-0.15, -0.1) is 0 Å². The van der Waals surface area contributed by atoms with Crippen LogP contribution in [0.4, 0.5) is 52.0 Å². The van der Waals surface area contributed by atoms with Crippen molar-refractivity contribution in [2.24, 2.45) is 20.5 Å². The molecular weight excluding hydrogens is 704 g/mol. The van der Waals surface area contributed by atoms with Crippen LogP contribution in [-0.4, -0.2) is 85.6 Å². The van der Waals surface area contributed by atoms with Gasteiger partial charge in [0.1, 0.15) is 0 Å². The largest absolute Gasteiger partial charge is 0.478 e. The number of hydrogen-bond donors (Lipinski definition) is 6. The van der Waals surface area contributed by atoms with Crippen molar-refractivity contribution in [3.63, 3.8) is 0 Å². The van der Waals surface area contributed by atoms with E-state index in [0.717, 1.165) is 12.1 Å². The van der Waals surface area contributed by atoms with Crippen molar-refractivity contribution in [2.45, 2.75) is 0 Å². The zero-order valence-corrected chi connectivity index (χ0v) is 27.8. The van der Waals surface area contributed by atoms with Crippen molar-refractivity contribution in [3.05, 3.63) is 107 Å². The second kappa shape index (κ2) is 16.1. The SMILES string of the molecule is O=C(O)c1cc(N=Nc2ccc(Nc3nc(Nc4ccc(N=Nc5cc(C(=O)O)cc(C(=O)O)c5)cc4)nc(N4CCOCC4)n3)cc2)cc(C(=O)O)c1. The van der Waals surface area contributed by atoms with E-state index in [1.807, 2.05) is 4.90 Å². The summed E-state index contributed by atoms with van der Waals surface area (Å²) in [6.45, 7) is 2.13. The topological polar surface area (TPSA) is 274 Å². The maximum Gasteiger partial charge on any atom is 0.335 e. The molecule has 0 aliphatic carbocycles. The van der Waals surface area contributed by atoms with Crippen molar-refractivity contribution >= 4 is 75.8 Å². The average Bonchev–Trinajstić information content (AvgIpc) is 3.17. The maximum atomic E-state index is 11.4. The fourth-order valence-electron chi connectivity index (χ4n) is 4.93. The lowest BCUT2D eigenvalue weighted by molar-refractivity contribution is 0.0676. The van der Waals surface area contributed by atoms with Gasteiger partial charge in [0.2, 0.25) is 17.8 Å². The Hall–Kier alpha value is -7.67. The number of nitrogens with zero attached hydrogens (tertiary/aromatic N) is 8. The highest BCUT2D eigenvalue weighted by molar-refractivity contribution is 5.96. The first-order valence-electron chi connectivity index (χ1n) is 15.9. The summed E-state index contributed by atoms with van der Waals surface area (Å²) in [5.41, 5.74) is 1.22. The van der Waals surface area contributed by atoms with Gasteiger partial charge in [-0.2, -0.15) is 35.4 Å². The molecule has 1 aliphatic heterocycles. The highest BCUT2D eigenvalue weighted by Gasteiger charge is 2.18. The lowest BCUT2D eigenvalue weighted by Crippen LogP contribution is -2.37. The number of nitrogens with one attached hydrogen (secondary N) is 2. The second-order valence-electron chi connectivity index (χ2n) is 11.4. The summed E-state index contributed by atoms with van der Waals surface area (Å²) in [6, 6.07) is 20.3. The molecule has 272 valence electrons. The Morgan fingerprint density at radius 2 is 0.870 bits per heavy atom. The van der Waals surface area contributed by atoms with Crippen molar-refractivity contribution in [1.82, 2.24) is 15.0 Å². The minimum absolute atomic E-state index is 0.0636. The summed E-state index contributed by atoms with van der Waals surface area (Å²) in [5, 5.41) is 59.7. The first-order valence-corrected chi connectivity index (χ1v) is 15.9. The Balaban J connectivity index is 1.18. The molecule has 0 bridgehead atoms. The molecule has 1 fully saturated rings. The number of carboxylic acids is 4.